The molecule has 8 nitrogen and oxygen atoms in total. The summed E-state index contributed by atoms with van der Waals surface area (Å²) in [5.41, 5.74) is 2.45. The smallest absolute Gasteiger partial charge is 0.150 e. The first kappa shape index (κ1) is 24.1. The fourth-order valence-corrected chi connectivity index (χ4v) is 5.35. The molecule has 10 heteroatoms. The van der Waals surface area contributed by atoms with E-state index in [0.29, 0.717) is 27.6 Å². The Morgan fingerprint density at radius 3 is 2.69 bits per heavy atom. The molecule has 0 unspecified atom stereocenters. The first-order valence-corrected chi connectivity index (χ1v) is 13.2. The van der Waals surface area contributed by atoms with Gasteiger partial charge >= 0.3 is 0 Å². The zero-order valence-electron chi connectivity index (χ0n) is 19.7. The SMILES string of the molecule is Cc1cc(N=[S@@](C)(=O)c2ccccc2)cc2ncnc(Nc3ccc(F)cc3O[C@@H]3COC[C@@H]3O)c12. The summed E-state index contributed by atoms with van der Waals surface area (Å²) in [6.07, 6.45) is 1.62. The summed E-state index contributed by atoms with van der Waals surface area (Å²) in [5.74, 6) is 0.249. The molecule has 2 heterocycles. The van der Waals surface area contributed by atoms with Crippen molar-refractivity contribution in [1.29, 1.82) is 0 Å². The van der Waals surface area contributed by atoms with E-state index in [4.69, 9.17) is 9.47 Å². The van der Waals surface area contributed by atoms with Crippen molar-refractivity contribution >= 4 is 37.8 Å². The van der Waals surface area contributed by atoms with E-state index < -0.39 is 27.8 Å². The second kappa shape index (κ2) is 9.81. The predicted molar refractivity (Wildman–Crippen MR) is 136 cm³/mol. The number of hydrogen-bond acceptors (Lipinski definition) is 8. The van der Waals surface area contributed by atoms with Gasteiger partial charge in [0.2, 0.25) is 0 Å². The molecule has 0 bridgehead atoms. The van der Waals surface area contributed by atoms with Crippen LogP contribution in [-0.4, -0.2) is 51.0 Å². The highest BCUT2D eigenvalue weighted by molar-refractivity contribution is 7.93. The van der Waals surface area contributed by atoms with Crippen LogP contribution in [0, 0.1) is 12.7 Å². The van der Waals surface area contributed by atoms with Crippen molar-refractivity contribution < 1.29 is 23.2 Å². The molecule has 0 amide bonds. The molecule has 4 aromatic rings. The molecule has 36 heavy (non-hydrogen) atoms. The van der Waals surface area contributed by atoms with Crippen LogP contribution in [0.1, 0.15) is 5.56 Å². The monoisotopic (exact) mass is 508 g/mol. The van der Waals surface area contributed by atoms with Crippen LogP contribution in [0.15, 0.2) is 76.2 Å². The van der Waals surface area contributed by atoms with Gasteiger partial charge in [-0.05, 0) is 48.9 Å². The van der Waals surface area contributed by atoms with Gasteiger partial charge < -0.3 is 19.9 Å². The lowest BCUT2D eigenvalue weighted by atomic mass is 10.1. The molecular formula is C26H25FN4O4S. The molecular weight excluding hydrogens is 483 g/mol. The van der Waals surface area contributed by atoms with Crippen molar-refractivity contribution in [2.24, 2.45) is 4.36 Å². The summed E-state index contributed by atoms with van der Waals surface area (Å²) in [7, 11) is -2.65. The highest BCUT2D eigenvalue weighted by Gasteiger charge is 2.29. The minimum Gasteiger partial charge on any atom is -0.483 e. The molecule has 1 aliphatic rings. The fraction of sp³-hybridized carbons (Fsp3) is 0.231. The molecule has 186 valence electrons. The highest BCUT2D eigenvalue weighted by atomic mass is 32.2. The molecule has 2 N–H and O–H groups in total. The minimum absolute atomic E-state index is 0.167. The third-order valence-electron chi connectivity index (χ3n) is 5.86. The lowest BCUT2D eigenvalue weighted by Gasteiger charge is -2.19. The van der Waals surface area contributed by atoms with Crippen molar-refractivity contribution in [3.63, 3.8) is 0 Å². The Labute approximate surface area is 208 Å². The zero-order valence-corrected chi connectivity index (χ0v) is 20.5. The number of rotatable bonds is 6. The van der Waals surface area contributed by atoms with Crippen LogP contribution in [0.25, 0.3) is 10.9 Å². The third kappa shape index (κ3) is 5.01. The number of nitrogens with zero attached hydrogens (tertiary/aromatic N) is 3. The Morgan fingerprint density at radius 2 is 1.94 bits per heavy atom. The predicted octanol–water partition coefficient (Wildman–Crippen LogP) is 4.75. The van der Waals surface area contributed by atoms with Gasteiger partial charge in [-0.2, -0.15) is 4.36 Å². The number of aromatic nitrogens is 2. The van der Waals surface area contributed by atoms with E-state index in [2.05, 4.69) is 19.6 Å². The molecule has 1 saturated heterocycles. The van der Waals surface area contributed by atoms with Crippen LogP contribution >= 0.6 is 0 Å². The van der Waals surface area contributed by atoms with E-state index >= 15 is 0 Å². The van der Waals surface area contributed by atoms with Gasteiger partial charge in [-0.1, -0.05) is 18.2 Å². The van der Waals surface area contributed by atoms with Gasteiger partial charge in [0.1, 0.15) is 29.8 Å². The quantitative estimate of drug-likeness (QED) is 0.387. The molecule has 3 aromatic carbocycles. The topological polar surface area (TPSA) is 106 Å². The first-order chi connectivity index (χ1) is 17.3. The van der Waals surface area contributed by atoms with Crippen LogP contribution in [0.5, 0.6) is 5.75 Å². The van der Waals surface area contributed by atoms with Gasteiger partial charge in [0.05, 0.1) is 39.8 Å². The average molecular weight is 509 g/mol. The van der Waals surface area contributed by atoms with Crippen LogP contribution in [0.4, 0.5) is 21.6 Å². The number of fused-ring (bicyclic) bond motifs is 1. The number of halogens is 1. The number of nitrogens with one attached hydrogen (secondary N) is 1. The second-order valence-corrected chi connectivity index (χ2v) is 10.9. The van der Waals surface area contributed by atoms with E-state index in [1.54, 1.807) is 30.5 Å². The normalized spacial score (nSPS) is 19.1. The molecule has 0 saturated carbocycles. The Hall–Kier alpha value is -3.60. The largest absolute Gasteiger partial charge is 0.483 e. The number of benzene rings is 3. The molecule has 1 aliphatic heterocycles. The molecule has 0 spiro atoms. The zero-order chi connectivity index (χ0) is 25.3. The maximum Gasteiger partial charge on any atom is 0.150 e. The number of aliphatic hydroxyl groups is 1. The molecule has 0 aliphatic carbocycles. The van der Waals surface area contributed by atoms with E-state index in [0.717, 1.165) is 10.9 Å². The van der Waals surface area contributed by atoms with Crippen molar-refractivity contribution in [1.82, 2.24) is 9.97 Å². The molecule has 0 radical (unpaired) electrons. The average Bonchev–Trinajstić information content (AvgIpc) is 3.25. The van der Waals surface area contributed by atoms with Crippen molar-refractivity contribution in [2.45, 2.75) is 24.0 Å². The van der Waals surface area contributed by atoms with Gasteiger partial charge in [0.25, 0.3) is 0 Å². The Balaban J connectivity index is 1.51. The van der Waals surface area contributed by atoms with Crippen molar-refractivity contribution in [3.8, 4) is 5.75 Å². The van der Waals surface area contributed by atoms with Gasteiger partial charge in [0.15, 0.2) is 6.10 Å². The maximum absolute atomic E-state index is 14.0. The lowest BCUT2D eigenvalue weighted by Crippen LogP contribution is -2.30. The number of aryl methyl sites for hydroxylation is 1. The number of anilines is 2. The van der Waals surface area contributed by atoms with Crippen LogP contribution in [-0.2, 0) is 14.5 Å². The van der Waals surface area contributed by atoms with Gasteiger partial charge in [-0.15, -0.1) is 0 Å². The van der Waals surface area contributed by atoms with Crippen molar-refractivity contribution in [3.05, 3.63) is 78.4 Å². The van der Waals surface area contributed by atoms with Crippen LogP contribution in [0.2, 0.25) is 0 Å². The highest BCUT2D eigenvalue weighted by Crippen LogP contribution is 2.35. The minimum atomic E-state index is -2.65. The number of aliphatic hydroxyl groups excluding tert-OH is 1. The van der Waals surface area contributed by atoms with E-state index in [1.165, 1.54) is 18.5 Å². The molecule has 1 fully saturated rings. The van der Waals surface area contributed by atoms with Gasteiger partial charge in [-0.3, -0.25) is 0 Å². The van der Waals surface area contributed by atoms with E-state index in [1.807, 2.05) is 31.2 Å². The standard InChI is InChI=1S/C26H25FN4O4S/c1-16-10-18(31-36(2,33)19-6-4-3-5-7-19)12-21-25(16)26(29-15-28-21)30-20-9-8-17(27)11-23(20)35-24-14-34-13-22(24)32/h3-12,15,22,24,32H,13-14H2,1-2H3,(H,28,29,30)/t22-,24+,36-/m0/s1. The summed E-state index contributed by atoms with van der Waals surface area (Å²) in [5, 5.41) is 14.0. The summed E-state index contributed by atoms with van der Waals surface area (Å²) < 4.78 is 42.9. The van der Waals surface area contributed by atoms with Gasteiger partial charge in [-0.25, -0.2) is 18.6 Å². The Morgan fingerprint density at radius 1 is 1.14 bits per heavy atom. The lowest BCUT2D eigenvalue weighted by molar-refractivity contribution is 0.0736. The van der Waals surface area contributed by atoms with Crippen molar-refractivity contribution in [2.75, 3.05) is 24.8 Å². The first-order valence-electron chi connectivity index (χ1n) is 11.3. The molecule has 1 aromatic heterocycles. The maximum atomic E-state index is 14.0. The molecule has 5 rings (SSSR count). The Bertz CT molecular complexity index is 1540. The summed E-state index contributed by atoms with van der Waals surface area (Å²) in [6.45, 7) is 2.27. The van der Waals surface area contributed by atoms with Crippen LogP contribution < -0.4 is 10.1 Å². The van der Waals surface area contributed by atoms with E-state index in [9.17, 15) is 13.7 Å². The third-order valence-corrected chi connectivity index (χ3v) is 7.56. The van der Waals surface area contributed by atoms with Gasteiger partial charge in [0, 0.05) is 22.6 Å². The molecule has 3 atom stereocenters. The number of ether oxygens (including phenoxy) is 2. The Kier molecular flexibility index (Phi) is 6.57. The summed E-state index contributed by atoms with van der Waals surface area (Å²) >= 11 is 0. The number of hydrogen-bond donors (Lipinski definition) is 2. The van der Waals surface area contributed by atoms with E-state index in [-0.39, 0.29) is 19.0 Å². The second-order valence-electron chi connectivity index (χ2n) is 8.61. The summed E-state index contributed by atoms with van der Waals surface area (Å²) in [4.78, 5) is 9.43. The van der Waals surface area contributed by atoms with Crippen LogP contribution in [0.3, 0.4) is 0 Å². The fourth-order valence-electron chi connectivity index (χ4n) is 4.07. The summed E-state index contributed by atoms with van der Waals surface area (Å²) in [6, 6.07) is 16.8.